The number of thioether (sulfide) groups is 1. The number of imide groups is 1. The molecular formula is C23H19N5O4S. The lowest BCUT2D eigenvalue weighted by molar-refractivity contribution is -0.121. The maximum atomic E-state index is 13.1. The Morgan fingerprint density at radius 2 is 1.88 bits per heavy atom. The first kappa shape index (κ1) is 22.3. The molecule has 2 amide bonds. The van der Waals surface area contributed by atoms with Crippen molar-refractivity contribution >= 4 is 41.1 Å². The van der Waals surface area contributed by atoms with Crippen LogP contribution < -0.4 is 10.6 Å². The molecule has 0 radical (unpaired) electrons. The highest BCUT2D eigenvalue weighted by molar-refractivity contribution is 8.00. The fourth-order valence-electron chi connectivity index (χ4n) is 3.75. The number of pyridine rings is 1. The molecule has 1 aliphatic carbocycles. The largest absolute Gasteiger partial charge is 0.462 e. The molecule has 33 heavy (non-hydrogen) atoms. The molecule has 1 aromatic carbocycles. The van der Waals surface area contributed by atoms with Crippen LogP contribution in [0.1, 0.15) is 59.2 Å². The van der Waals surface area contributed by atoms with E-state index in [1.165, 1.54) is 24.3 Å². The lowest BCUT2D eigenvalue weighted by Gasteiger charge is -2.16. The summed E-state index contributed by atoms with van der Waals surface area (Å²) in [5.74, 6) is -1.24. The lowest BCUT2D eigenvalue weighted by atomic mass is 10.0. The molecule has 1 saturated carbocycles. The van der Waals surface area contributed by atoms with Gasteiger partial charge in [0.2, 0.25) is 11.8 Å². The number of hydrogen-bond donors (Lipinski definition) is 1. The third kappa shape index (κ3) is 4.13. The number of carbonyl (C=O) groups is 3. The van der Waals surface area contributed by atoms with E-state index in [9.17, 15) is 24.9 Å². The van der Waals surface area contributed by atoms with E-state index in [4.69, 9.17) is 10.5 Å². The van der Waals surface area contributed by atoms with E-state index in [0.29, 0.717) is 16.8 Å². The van der Waals surface area contributed by atoms with Crippen LogP contribution in [-0.2, 0) is 14.3 Å². The number of aromatic nitrogens is 1. The Morgan fingerprint density at radius 1 is 1.21 bits per heavy atom. The zero-order valence-corrected chi connectivity index (χ0v) is 18.5. The van der Waals surface area contributed by atoms with E-state index in [-0.39, 0.29) is 40.9 Å². The van der Waals surface area contributed by atoms with E-state index in [1.54, 1.807) is 6.92 Å². The van der Waals surface area contributed by atoms with Gasteiger partial charge in [-0.25, -0.2) is 14.7 Å². The van der Waals surface area contributed by atoms with Crippen LogP contribution in [0.15, 0.2) is 29.3 Å². The highest BCUT2D eigenvalue weighted by atomic mass is 32.2. The highest BCUT2D eigenvalue weighted by Crippen LogP contribution is 2.46. The van der Waals surface area contributed by atoms with Gasteiger partial charge in [-0.2, -0.15) is 10.5 Å². The number of ether oxygens (including phenoxy) is 1. The van der Waals surface area contributed by atoms with Crippen LogP contribution in [-0.4, -0.2) is 34.6 Å². The molecule has 10 heteroatoms. The second kappa shape index (κ2) is 8.93. The number of nitrogens with zero attached hydrogens (tertiary/aromatic N) is 4. The Morgan fingerprint density at radius 3 is 2.45 bits per heavy atom. The molecule has 0 spiro atoms. The van der Waals surface area contributed by atoms with Crippen molar-refractivity contribution in [3.63, 3.8) is 0 Å². The molecule has 1 atom stereocenters. The number of rotatable bonds is 6. The molecule has 1 aromatic heterocycles. The fraction of sp³-hybridized carbons (Fsp3) is 0.304. The standard InChI is InChI=1S/C23H19N5O4S/c1-2-32-23(31)13-5-7-14(8-6-13)28-18(29)9-17(22(28)30)33-21-16(11-25)19(12-3-4-12)15(10-24)20(26)27-21/h5-8,12,17H,2-4,9H2,1H3,(H2,26,27). The summed E-state index contributed by atoms with van der Waals surface area (Å²) >= 11 is 1.01. The Bertz CT molecular complexity index is 1240. The summed E-state index contributed by atoms with van der Waals surface area (Å²) in [7, 11) is 0. The summed E-state index contributed by atoms with van der Waals surface area (Å²) in [5.41, 5.74) is 7.66. The molecule has 2 fully saturated rings. The average Bonchev–Trinajstić information content (AvgIpc) is 3.60. The summed E-state index contributed by atoms with van der Waals surface area (Å²) in [5, 5.41) is 18.7. The summed E-state index contributed by atoms with van der Waals surface area (Å²) in [6.07, 6.45) is 1.63. The molecule has 166 valence electrons. The number of benzene rings is 1. The van der Waals surface area contributed by atoms with Crippen LogP contribution in [0, 0.1) is 22.7 Å². The van der Waals surface area contributed by atoms with E-state index in [2.05, 4.69) is 11.1 Å². The molecular weight excluding hydrogens is 442 g/mol. The van der Waals surface area contributed by atoms with Gasteiger partial charge in [0.25, 0.3) is 0 Å². The molecule has 2 N–H and O–H groups in total. The molecule has 0 bridgehead atoms. The van der Waals surface area contributed by atoms with Gasteiger partial charge in [-0.1, -0.05) is 11.8 Å². The first-order valence-corrected chi connectivity index (χ1v) is 11.2. The monoisotopic (exact) mass is 461 g/mol. The Hall–Kier alpha value is -3.89. The van der Waals surface area contributed by atoms with Gasteiger partial charge in [0, 0.05) is 6.42 Å². The number of amides is 2. The average molecular weight is 462 g/mol. The van der Waals surface area contributed by atoms with E-state index in [1.807, 2.05) is 6.07 Å². The summed E-state index contributed by atoms with van der Waals surface area (Å²) < 4.78 is 4.94. The molecule has 4 rings (SSSR count). The van der Waals surface area contributed by atoms with Crippen molar-refractivity contribution in [2.45, 2.75) is 42.4 Å². The summed E-state index contributed by atoms with van der Waals surface area (Å²) in [6.45, 7) is 1.94. The molecule has 2 aliphatic rings. The predicted octanol–water partition coefficient (Wildman–Crippen LogP) is 2.89. The number of nitriles is 2. The minimum atomic E-state index is -0.791. The normalized spacial score (nSPS) is 17.5. The third-order valence-corrected chi connectivity index (χ3v) is 6.61. The SMILES string of the molecule is CCOC(=O)c1ccc(N2C(=O)CC(Sc3nc(N)c(C#N)c(C4CC4)c3C#N)C2=O)cc1. The Kier molecular flexibility index (Phi) is 6.03. The second-order valence-corrected chi connectivity index (χ2v) is 8.80. The van der Waals surface area contributed by atoms with Crippen LogP contribution in [0.25, 0.3) is 0 Å². The molecule has 1 aliphatic heterocycles. The topological polar surface area (TPSA) is 150 Å². The van der Waals surface area contributed by atoms with Gasteiger partial charge >= 0.3 is 5.97 Å². The van der Waals surface area contributed by atoms with Crippen molar-refractivity contribution in [1.29, 1.82) is 10.5 Å². The fourth-order valence-corrected chi connectivity index (χ4v) is 4.88. The van der Waals surface area contributed by atoms with Gasteiger partial charge in [-0.3, -0.25) is 9.59 Å². The number of nitrogens with two attached hydrogens (primary N) is 1. The van der Waals surface area contributed by atoms with Crippen LogP contribution in [0.3, 0.4) is 0 Å². The second-order valence-electron chi connectivity index (χ2n) is 7.61. The van der Waals surface area contributed by atoms with Gasteiger partial charge in [-0.05, 0) is 55.5 Å². The van der Waals surface area contributed by atoms with Gasteiger partial charge < -0.3 is 10.5 Å². The van der Waals surface area contributed by atoms with Crippen LogP contribution in [0.5, 0.6) is 0 Å². The van der Waals surface area contributed by atoms with Crippen LogP contribution >= 0.6 is 11.8 Å². The number of nitrogen functional groups attached to an aromatic ring is 1. The number of anilines is 2. The zero-order chi connectivity index (χ0) is 23.7. The van der Waals surface area contributed by atoms with Crippen LogP contribution in [0.2, 0.25) is 0 Å². The van der Waals surface area contributed by atoms with Gasteiger partial charge in [0.1, 0.15) is 23.0 Å². The molecule has 1 saturated heterocycles. The maximum absolute atomic E-state index is 13.1. The maximum Gasteiger partial charge on any atom is 0.338 e. The van der Waals surface area contributed by atoms with Crippen molar-refractivity contribution in [3.8, 4) is 12.1 Å². The van der Waals surface area contributed by atoms with Gasteiger partial charge in [-0.15, -0.1) is 0 Å². The van der Waals surface area contributed by atoms with Crippen molar-refractivity contribution in [3.05, 3.63) is 46.5 Å². The highest BCUT2D eigenvalue weighted by Gasteiger charge is 2.42. The van der Waals surface area contributed by atoms with Crippen molar-refractivity contribution in [1.82, 2.24) is 4.98 Å². The Labute approximate surface area is 194 Å². The minimum absolute atomic E-state index is 0.0177. The molecule has 1 unspecified atom stereocenters. The smallest absolute Gasteiger partial charge is 0.338 e. The van der Waals surface area contributed by atoms with Crippen molar-refractivity contribution in [2.75, 3.05) is 17.2 Å². The van der Waals surface area contributed by atoms with Gasteiger partial charge in [0.05, 0.1) is 34.2 Å². The van der Waals surface area contributed by atoms with E-state index < -0.39 is 23.0 Å². The quantitative estimate of drug-likeness (QED) is 0.506. The molecule has 2 heterocycles. The zero-order valence-electron chi connectivity index (χ0n) is 17.7. The minimum Gasteiger partial charge on any atom is -0.462 e. The Balaban J connectivity index is 1.60. The van der Waals surface area contributed by atoms with Gasteiger partial charge in [0.15, 0.2) is 0 Å². The number of esters is 1. The first-order valence-electron chi connectivity index (χ1n) is 10.3. The van der Waals surface area contributed by atoms with Crippen molar-refractivity contribution < 1.29 is 19.1 Å². The first-order chi connectivity index (χ1) is 15.9. The summed E-state index contributed by atoms with van der Waals surface area (Å²) in [4.78, 5) is 42.9. The lowest BCUT2D eigenvalue weighted by Crippen LogP contribution is -2.31. The predicted molar refractivity (Wildman–Crippen MR) is 119 cm³/mol. The third-order valence-electron chi connectivity index (χ3n) is 5.44. The molecule has 9 nitrogen and oxygen atoms in total. The van der Waals surface area contributed by atoms with Crippen LogP contribution in [0.4, 0.5) is 11.5 Å². The number of carbonyl (C=O) groups excluding carboxylic acids is 3. The number of hydrogen-bond acceptors (Lipinski definition) is 9. The van der Waals surface area contributed by atoms with E-state index in [0.717, 1.165) is 29.5 Å². The molecule has 2 aromatic rings. The van der Waals surface area contributed by atoms with E-state index >= 15 is 0 Å². The van der Waals surface area contributed by atoms with Crippen molar-refractivity contribution in [2.24, 2.45) is 0 Å². The summed E-state index contributed by atoms with van der Waals surface area (Å²) in [6, 6.07) is 10.2.